The third-order valence-corrected chi connectivity index (χ3v) is 4.25. The molecule has 0 fully saturated rings. The number of nitrogens with zero attached hydrogens (tertiary/aromatic N) is 2. The zero-order valence-corrected chi connectivity index (χ0v) is 13.2. The maximum absolute atomic E-state index is 12.6. The molecular formula is C19H17N3O2. The highest BCUT2D eigenvalue weighted by Gasteiger charge is 2.36. The molecule has 2 heterocycles. The molecule has 0 aliphatic carbocycles. The van der Waals surface area contributed by atoms with Crippen LogP contribution in [0.2, 0.25) is 0 Å². The lowest BCUT2D eigenvalue weighted by atomic mass is 9.97. The average molecular weight is 319 g/mol. The van der Waals surface area contributed by atoms with Crippen molar-refractivity contribution in [1.82, 2.24) is 9.78 Å². The molecule has 2 aromatic carbocycles. The summed E-state index contributed by atoms with van der Waals surface area (Å²) in [6.45, 7) is 2.00. The van der Waals surface area contributed by atoms with Crippen molar-refractivity contribution >= 4 is 11.6 Å². The van der Waals surface area contributed by atoms with Gasteiger partial charge in [-0.3, -0.25) is 4.79 Å². The molecule has 2 atom stereocenters. The van der Waals surface area contributed by atoms with Gasteiger partial charge in [-0.1, -0.05) is 43.3 Å². The van der Waals surface area contributed by atoms with Gasteiger partial charge in [-0.15, -0.1) is 0 Å². The largest absolute Gasteiger partial charge is 0.480 e. The lowest BCUT2D eigenvalue weighted by Gasteiger charge is -2.14. The second-order valence-corrected chi connectivity index (χ2v) is 5.86. The highest BCUT2D eigenvalue weighted by atomic mass is 16.5. The molecule has 3 aromatic rings. The van der Waals surface area contributed by atoms with Crippen LogP contribution < -0.4 is 10.1 Å². The summed E-state index contributed by atoms with van der Waals surface area (Å²) in [4.78, 5) is 12.6. The lowest BCUT2D eigenvalue weighted by Crippen LogP contribution is -2.33. The minimum Gasteiger partial charge on any atom is -0.480 e. The number of carbonyl (C=O) groups is 1. The highest BCUT2D eigenvalue weighted by molar-refractivity contribution is 5.95. The number of anilines is 1. The first kappa shape index (κ1) is 14.5. The molecule has 0 saturated heterocycles. The van der Waals surface area contributed by atoms with Crippen molar-refractivity contribution in [1.29, 1.82) is 0 Å². The summed E-state index contributed by atoms with van der Waals surface area (Å²) in [7, 11) is 0. The van der Waals surface area contributed by atoms with Gasteiger partial charge >= 0.3 is 0 Å². The molecule has 24 heavy (non-hydrogen) atoms. The Morgan fingerprint density at radius 2 is 1.88 bits per heavy atom. The topological polar surface area (TPSA) is 56.1 Å². The summed E-state index contributed by atoms with van der Waals surface area (Å²) in [5.41, 5.74) is 2.66. The number of aromatic nitrogens is 2. The van der Waals surface area contributed by atoms with Crippen LogP contribution >= 0.6 is 0 Å². The van der Waals surface area contributed by atoms with E-state index >= 15 is 0 Å². The quantitative estimate of drug-likeness (QED) is 0.805. The van der Waals surface area contributed by atoms with Crippen molar-refractivity contribution in [2.24, 2.45) is 0 Å². The Balaban J connectivity index is 1.49. The molecule has 1 N–H and O–H groups in total. The maximum atomic E-state index is 12.6. The monoisotopic (exact) mass is 319 g/mol. The number of hydrogen-bond acceptors (Lipinski definition) is 3. The van der Waals surface area contributed by atoms with Crippen LogP contribution in [0.3, 0.4) is 0 Å². The summed E-state index contributed by atoms with van der Waals surface area (Å²) in [5, 5.41) is 7.18. The number of ether oxygens (including phenoxy) is 1. The van der Waals surface area contributed by atoms with Crippen molar-refractivity contribution in [3.63, 3.8) is 0 Å². The van der Waals surface area contributed by atoms with Gasteiger partial charge in [0.2, 0.25) is 0 Å². The summed E-state index contributed by atoms with van der Waals surface area (Å²) in [5.74, 6) is 0.641. The fraction of sp³-hybridized carbons (Fsp3) is 0.158. The molecule has 4 rings (SSSR count). The number of para-hydroxylation sites is 2. The third-order valence-electron chi connectivity index (χ3n) is 4.25. The Hall–Kier alpha value is -3.08. The second kappa shape index (κ2) is 5.85. The van der Waals surface area contributed by atoms with Gasteiger partial charge in [0.05, 0.1) is 23.8 Å². The molecule has 1 aliphatic heterocycles. The van der Waals surface area contributed by atoms with E-state index in [1.165, 1.54) is 0 Å². The van der Waals surface area contributed by atoms with Gasteiger partial charge in [0.1, 0.15) is 5.75 Å². The number of carbonyl (C=O) groups excluding carboxylic acids is 1. The third kappa shape index (κ3) is 2.54. The van der Waals surface area contributed by atoms with E-state index in [4.69, 9.17) is 4.74 Å². The predicted molar refractivity (Wildman–Crippen MR) is 91.5 cm³/mol. The van der Waals surface area contributed by atoms with Gasteiger partial charge in [-0.2, -0.15) is 5.10 Å². The van der Waals surface area contributed by atoms with Gasteiger partial charge in [-0.05, 0) is 18.2 Å². The maximum Gasteiger partial charge on any atom is 0.266 e. The first-order chi connectivity index (χ1) is 11.7. The minimum absolute atomic E-state index is 0.0189. The van der Waals surface area contributed by atoms with Crippen molar-refractivity contribution < 1.29 is 9.53 Å². The standard InChI is InChI=1S/C19H17N3O2/c1-13-16-9-5-6-10-17(16)24-18(13)19(23)21-14-11-20-22(12-14)15-7-3-2-4-8-15/h2-13,18H,1H3,(H,21,23)/t13-,18-/m1/s1. The van der Waals surface area contributed by atoms with Crippen LogP contribution in [0.5, 0.6) is 5.75 Å². The first-order valence-electron chi connectivity index (χ1n) is 7.89. The van der Waals surface area contributed by atoms with Gasteiger partial charge in [0.15, 0.2) is 6.10 Å². The zero-order chi connectivity index (χ0) is 16.5. The number of nitrogens with one attached hydrogen (secondary N) is 1. The van der Waals surface area contributed by atoms with Gasteiger partial charge < -0.3 is 10.1 Å². The Morgan fingerprint density at radius 3 is 2.67 bits per heavy atom. The normalized spacial score (nSPS) is 18.7. The molecule has 0 unspecified atom stereocenters. The van der Waals surface area contributed by atoms with Crippen LogP contribution in [0.25, 0.3) is 5.69 Å². The van der Waals surface area contributed by atoms with Crippen LogP contribution in [0, 0.1) is 0 Å². The fourth-order valence-electron chi connectivity index (χ4n) is 2.97. The summed E-state index contributed by atoms with van der Waals surface area (Å²) < 4.78 is 7.53. The van der Waals surface area contributed by atoms with Crippen LogP contribution in [0.4, 0.5) is 5.69 Å². The Bertz CT molecular complexity index is 873. The predicted octanol–water partition coefficient (Wildman–Crippen LogP) is 3.38. The van der Waals surface area contributed by atoms with Crippen molar-refractivity contribution in [2.45, 2.75) is 18.9 Å². The van der Waals surface area contributed by atoms with E-state index in [9.17, 15) is 4.79 Å². The van der Waals surface area contributed by atoms with Crippen molar-refractivity contribution in [2.75, 3.05) is 5.32 Å². The van der Waals surface area contributed by atoms with E-state index in [1.807, 2.05) is 61.5 Å². The average Bonchev–Trinajstić information content (AvgIpc) is 3.21. The molecule has 1 aromatic heterocycles. The van der Waals surface area contributed by atoms with Crippen LogP contribution in [0.1, 0.15) is 18.4 Å². The van der Waals surface area contributed by atoms with Gasteiger partial charge in [0.25, 0.3) is 5.91 Å². The smallest absolute Gasteiger partial charge is 0.266 e. The fourth-order valence-corrected chi connectivity index (χ4v) is 2.97. The van der Waals surface area contributed by atoms with E-state index in [-0.39, 0.29) is 11.8 Å². The van der Waals surface area contributed by atoms with E-state index in [2.05, 4.69) is 10.4 Å². The molecule has 0 bridgehead atoms. The summed E-state index contributed by atoms with van der Waals surface area (Å²) in [6.07, 6.45) is 2.90. The van der Waals surface area contributed by atoms with Crippen LogP contribution in [-0.2, 0) is 4.79 Å². The van der Waals surface area contributed by atoms with Gasteiger partial charge in [0, 0.05) is 11.5 Å². The molecular weight excluding hydrogens is 302 g/mol. The van der Waals surface area contributed by atoms with E-state index in [0.29, 0.717) is 5.69 Å². The Morgan fingerprint density at radius 1 is 1.12 bits per heavy atom. The van der Waals surface area contributed by atoms with Crippen molar-refractivity contribution in [3.8, 4) is 11.4 Å². The lowest BCUT2D eigenvalue weighted by molar-refractivity contribution is -0.122. The molecule has 1 amide bonds. The number of fused-ring (bicyclic) bond motifs is 1. The van der Waals surface area contributed by atoms with E-state index < -0.39 is 6.10 Å². The minimum atomic E-state index is -0.525. The molecule has 120 valence electrons. The number of rotatable bonds is 3. The highest BCUT2D eigenvalue weighted by Crippen LogP contribution is 2.37. The van der Waals surface area contributed by atoms with E-state index in [1.54, 1.807) is 17.1 Å². The summed E-state index contributed by atoms with van der Waals surface area (Å²) >= 11 is 0. The molecule has 1 aliphatic rings. The molecule has 5 heteroatoms. The zero-order valence-electron chi connectivity index (χ0n) is 13.2. The summed E-state index contributed by atoms with van der Waals surface area (Å²) in [6, 6.07) is 17.5. The van der Waals surface area contributed by atoms with E-state index in [0.717, 1.165) is 17.0 Å². The second-order valence-electron chi connectivity index (χ2n) is 5.86. The number of benzene rings is 2. The molecule has 0 saturated carbocycles. The van der Waals surface area contributed by atoms with Crippen molar-refractivity contribution in [3.05, 3.63) is 72.6 Å². The molecule has 0 radical (unpaired) electrons. The number of amides is 1. The first-order valence-corrected chi connectivity index (χ1v) is 7.89. The van der Waals surface area contributed by atoms with Gasteiger partial charge in [-0.25, -0.2) is 4.68 Å². The van der Waals surface area contributed by atoms with Crippen LogP contribution in [-0.4, -0.2) is 21.8 Å². The SMILES string of the molecule is C[C@@H]1c2ccccc2O[C@H]1C(=O)Nc1cnn(-c2ccccc2)c1. The molecule has 5 nitrogen and oxygen atoms in total. The molecule has 0 spiro atoms. The Kier molecular flexibility index (Phi) is 3.54. The Labute approximate surface area is 139 Å². The van der Waals surface area contributed by atoms with Crippen LogP contribution in [0.15, 0.2) is 67.0 Å². The number of hydrogen-bond donors (Lipinski definition) is 1.